The maximum Gasteiger partial charge on any atom is 0.418 e. The summed E-state index contributed by atoms with van der Waals surface area (Å²) in [6.07, 6.45) is -7.48. The average Bonchev–Trinajstić information content (AvgIpc) is 3.34. The molecule has 0 saturated heterocycles. The van der Waals surface area contributed by atoms with E-state index in [-0.39, 0.29) is 36.7 Å². The van der Waals surface area contributed by atoms with Crippen LogP contribution >= 0.6 is 11.3 Å². The standard InChI is InChI=1S/C32H29F3NS.C11H17F3O2.Ir/c1-17-12-18(2)26(19(3)13-17)29-20(4)27-25(32(33,34)35)16-36-28(30(27)37-29)22-14-21-10-8-9-11-23(21)24(15-22)31(5,6)7;1-9(2,3)7(15)6-8(16)10(4,5)11(12,13)14;/h8-13,15-16H,1-7H3;6,15H,1-5H3;/q-1;;/b;7-6-;. The molecule has 54 heavy (non-hydrogen) atoms. The quantitative estimate of drug-likeness (QED) is 0.0845. The van der Waals surface area contributed by atoms with E-state index in [9.17, 15) is 36.2 Å². The number of hydrogen-bond donors (Lipinski definition) is 1. The molecule has 3 nitrogen and oxygen atoms in total. The van der Waals surface area contributed by atoms with Gasteiger partial charge in [-0.2, -0.15) is 26.3 Å². The Labute approximate surface area is 331 Å². The second-order valence-electron chi connectivity index (χ2n) is 16.2. The van der Waals surface area contributed by atoms with Crippen molar-refractivity contribution in [2.24, 2.45) is 10.8 Å². The second kappa shape index (κ2) is 15.5. The number of allylic oxidation sites excluding steroid dienone is 2. The molecule has 293 valence electrons. The van der Waals surface area contributed by atoms with E-state index in [1.807, 2.05) is 39.0 Å². The Kier molecular flexibility index (Phi) is 12.9. The van der Waals surface area contributed by atoms with Gasteiger partial charge in [-0.15, -0.1) is 40.5 Å². The summed E-state index contributed by atoms with van der Waals surface area (Å²) in [5, 5.41) is 11.7. The number of hydrogen-bond acceptors (Lipinski definition) is 4. The molecular weight excluding hydrogens is 901 g/mol. The van der Waals surface area contributed by atoms with E-state index >= 15 is 0 Å². The van der Waals surface area contributed by atoms with Crippen LogP contribution in [0.15, 0.2) is 60.5 Å². The van der Waals surface area contributed by atoms with Crippen LogP contribution in [0, 0.1) is 44.6 Å². The molecule has 0 fully saturated rings. The maximum atomic E-state index is 14.2. The number of carbonyl (C=O) groups excluding carboxylic acids is 1. The van der Waals surface area contributed by atoms with Crippen LogP contribution in [0.1, 0.15) is 88.8 Å². The van der Waals surface area contributed by atoms with Gasteiger partial charge in [0.15, 0.2) is 5.78 Å². The Balaban J connectivity index is 0.000000393. The zero-order valence-electron chi connectivity index (χ0n) is 32.5. The predicted octanol–water partition coefficient (Wildman–Crippen LogP) is 13.8. The first kappa shape index (κ1) is 44.9. The first-order chi connectivity index (χ1) is 24.1. The molecule has 0 aliphatic carbocycles. The summed E-state index contributed by atoms with van der Waals surface area (Å²) in [7, 11) is 0. The Bertz CT molecular complexity index is 2210. The number of benzene rings is 3. The minimum absolute atomic E-state index is 0. The number of ketones is 1. The zero-order chi connectivity index (χ0) is 40.2. The number of nitrogens with zero attached hydrogens (tertiary/aromatic N) is 1. The SMILES string of the molecule is CC(C)(C)/C(O)=C/C(=O)C(C)(C)C(F)(F)F.Cc1cc(C)c(-c2sc3c(-c4[c-]c5ccccc5c(C(C)(C)C)c4)ncc(C(F)(F)F)c3c2C)c(C)c1.[Ir]. The van der Waals surface area contributed by atoms with Gasteiger partial charge in [0.25, 0.3) is 0 Å². The number of aliphatic hydroxyl groups is 1. The summed E-state index contributed by atoms with van der Waals surface area (Å²) < 4.78 is 80.8. The number of alkyl halides is 6. The summed E-state index contributed by atoms with van der Waals surface area (Å²) in [6.45, 7) is 20.7. The minimum Gasteiger partial charge on any atom is -0.512 e. The van der Waals surface area contributed by atoms with Crippen molar-refractivity contribution in [3.05, 3.63) is 99.9 Å². The van der Waals surface area contributed by atoms with E-state index < -0.39 is 34.5 Å². The van der Waals surface area contributed by atoms with Crippen LogP contribution in [0.2, 0.25) is 0 Å². The number of aliphatic hydroxyl groups excluding tert-OH is 1. The van der Waals surface area contributed by atoms with Crippen molar-refractivity contribution in [3.8, 4) is 21.7 Å². The molecule has 0 spiro atoms. The number of aromatic nitrogens is 1. The number of carbonyl (C=O) groups is 1. The van der Waals surface area contributed by atoms with Gasteiger partial charge in [0.1, 0.15) is 11.2 Å². The van der Waals surface area contributed by atoms with Crippen molar-refractivity contribution in [1.29, 1.82) is 0 Å². The van der Waals surface area contributed by atoms with Gasteiger partial charge in [0.05, 0.1) is 5.56 Å². The topological polar surface area (TPSA) is 50.2 Å². The molecule has 0 unspecified atom stereocenters. The van der Waals surface area contributed by atoms with Crippen molar-refractivity contribution in [2.75, 3.05) is 0 Å². The van der Waals surface area contributed by atoms with Crippen LogP contribution in [0.5, 0.6) is 0 Å². The first-order valence-corrected chi connectivity index (χ1v) is 17.9. The van der Waals surface area contributed by atoms with Gasteiger partial charge < -0.3 is 5.11 Å². The largest absolute Gasteiger partial charge is 0.512 e. The number of aryl methyl sites for hydroxylation is 4. The van der Waals surface area contributed by atoms with Gasteiger partial charge in [-0.25, -0.2) is 0 Å². The van der Waals surface area contributed by atoms with Crippen LogP contribution in [-0.4, -0.2) is 22.1 Å². The summed E-state index contributed by atoms with van der Waals surface area (Å²) in [5.74, 6) is -1.50. The molecule has 0 aliphatic heterocycles. The van der Waals surface area contributed by atoms with E-state index in [1.165, 1.54) is 11.3 Å². The van der Waals surface area contributed by atoms with Crippen LogP contribution in [0.3, 0.4) is 0 Å². The van der Waals surface area contributed by atoms with Gasteiger partial charge in [-0.3, -0.25) is 9.78 Å². The van der Waals surface area contributed by atoms with E-state index in [0.717, 1.165) is 63.5 Å². The van der Waals surface area contributed by atoms with E-state index in [4.69, 9.17) is 0 Å². The molecule has 0 bridgehead atoms. The third-order valence-corrected chi connectivity index (χ3v) is 10.7. The van der Waals surface area contributed by atoms with Crippen molar-refractivity contribution >= 4 is 38.0 Å². The number of rotatable bonds is 4. The molecular formula is C43H46F6IrNO2S-. The number of halogens is 6. The van der Waals surface area contributed by atoms with Crippen LogP contribution < -0.4 is 0 Å². The third-order valence-electron chi connectivity index (χ3n) is 9.36. The molecule has 5 aromatic rings. The minimum atomic E-state index is -4.63. The van der Waals surface area contributed by atoms with E-state index in [2.05, 4.69) is 56.1 Å². The fraction of sp³-hybridized carbons (Fsp3) is 0.395. The molecule has 0 aliphatic rings. The molecule has 0 saturated carbocycles. The molecule has 1 radical (unpaired) electrons. The van der Waals surface area contributed by atoms with E-state index in [0.29, 0.717) is 27.6 Å². The Morgan fingerprint density at radius 2 is 1.39 bits per heavy atom. The fourth-order valence-corrected chi connectivity index (χ4v) is 7.59. The van der Waals surface area contributed by atoms with Crippen LogP contribution in [0.4, 0.5) is 26.3 Å². The average molecular weight is 947 g/mol. The van der Waals surface area contributed by atoms with Gasteiger partial charge in [0, 0.05) is 58.5 Å². The van der Waals surface area contributed by atoms with Gasteiger partial charge in [0.2, 0.25) is 0 Å². The van der Waals surface area contributed by atoms with Gasteiger partial charge in [-0.05, 0) is 69.2 Å². The molecule has 0 amide bonds. The summed E-state index contributed by atoms with van der Waals surface area (Å²) in [5.41, 5.74) is 3.19. The molecule has 3 aromatic carbocycles. The van der Waals surface area contributed by atoms with Gasteiger partial charge >= 0.3 is 12.4 Å². The number of thiophene rings is 1. The van der Waals surface area contributed by atoms with Crippen molar-refractivity contribution < 1.29 is 56.3 Å². The Morgan fingerprint density at radius 3 is 1.89 bits per heavy atom. The number of fused-ring (bicyclic) bond motifs is 2. The molecule has 0 atom stereocenters. The van der Waals surface area contributed by atoms with Crippen LogP contribution in [-0.2, 0) is 36.5 Å². The monoisotopic (exact) mass is 947 g/mol. The van der Waals surface area contributed by atoms with E-state index in [1.54, 1.807) is 27.7 Å². The molecule has 1 N–H and O–H groups in total. The van der Waals surface area contributed by atoms with Crippen molar-refractivity contribution in [2.45, 2.75) is 101 Å². The molecule has 5 rings (SSSR count). The number of pyridine rings is 1. The normalized spacial score (nSPS) is 13.1. The fourth-order valence-electron chi connectivity index (χ4n) is 6.08. The molecule has 2 aromatic heterocycles. The first-order valence-electron chi connectivity index (χ1n) is 17.1. The van der Waals surface area contributed by atoms with Crippen LogP contribution in [0.25, 0.3) is 42.6 Å². The Hall–Kier alpha value is -3.53. The summed E-state index contributed by atoms with van der Waals surface area (Å²) >= 11 is 1.40. The second-order valence-corrected chi connectivity index (χ2v) is 17.2. The maximum absolute atomic E-state index is 14.2. The van der Waals surface area contributed by atoms with Gasteiger partial charge in [-0.1, -0.05) is 88.4 Å². The third kappa shape index (κ3) is 9.11. The summed E-state index contributed by atoms with van der Waals surface area (Å²) in [6, 6.07) is 17.7. The smallest absolute Gasteiger partial charge is 0.418 e. The Morgan fingerprint density at radius 1 is 0.833 bits per heavy atom. The van der Waals surface area contributed by atoms with Crippen molar-refractivity contribution in [1.82, 2.24) is 4.98 Å². The molecule has 2 heterocycles. The molecule has 11 heteroatoms. The van der Waals surface area contributed by atoms with Crippen molar-refractivity contribution in [3.63, 3.8) is 0 Å². The predicted molar refractivity (Wildman–Crippen MR) is 204 cm³/mol. The summed E-state index contributed by atoms with van der Waals surface area (Å²) in [4.78, 5) is 16.7. The zero-order valence-corrected chi connectivity index (χ0v) is 35.7.